The summed E-state index contributed by atoms with van der Waals surface area (Å²) in [7, 11) is 0. The Morgan fingerprint density at radius 1 is 1.26 bits per heavy atom. The highest BCUT2D eigenvalue weighted by atomic mass is 35.5. The SMILES string of the molecule is CCSc1cccnc1-c1ncc2c(Cl)nccn12. The molecule has 4 nitrogen and oxygen atoms in total. The summed E-state index contributed by atoms with van der Waals surface area (Å²) in [6, 6.07) is 3.99. The first kappa shape index (κ1) is 12.4. The summed E-state index contributed by atoms with van der Waals surface area (Å²) in [6.07, 6.45) is 7.01. The van der Waals surface area contributed by atoms with Crippen molar-refractivity contribution in [3.05, 3.63) is 42.1 Å². The average Bonchev–Trinajstić information content (AvgIpc) is 2.85. The standard InChI is InChI=1S/C13H11ClN4S/c1-2-19-10-4-3-5-15-11(10)13-17-8-9-12(14)16-6-7-18(9)13/h3-8H,2H2,1H3. The first-order valence-corrected chi connectivity index (χ1v) is 7.23. The maximum Gasteiger partial charge on any atom is 0.164 e. The Balaban J connectivity index is 2.22. The molecule has 3 aromatic rings. The van der Waals surface area contributed by atoms with E-state index in [1.807, 2.05) is 16.7 Å². The van der Waals surface area contributed by atoms with Crippen molar-refractivity contribution in [2.24, 2.45) is 0 Å². The predicted octanol–water partition coefficient (Wildman–Crippen LogP) is 3.56. The van der Waals surface area contributed by atoms with Crippen LogP contribution in [0.1, 0.15) is 6.92 Å². The molecule has 0 spiro atoms. The molecule has 0 atom stereocenters. The van der Waals surface area contributed by atoms with Crippen LogP contribution in [0.5, 0.6) is 0 Å². The van der Waals surface area contributed by atoms with Crippen LogP contribution in [-0.4, -0.2) is 25.1 Å². The number of halogens is 1. The van der Waals surface area contributed by atoms with Gasteiger partial charge in [-0.2, -0.15) is 0 Å². The Labute approximate surface area is 119 Å². The molecule has 0 N–H and O–H groups in total. The van der Waals surface area contributed by atoms with Gasteiger partial charge in [0.2, 0.25) is 0 Å². The number of fused-ring (bicyclic) bond motifs is 1. The van der Waals surface area contributed by atoms with Crippen LogP contribution in [0.2, 0.25) is 5.15 Å². The summed E-state index contributed by atoms with van der Waals surface area (Å²) in [5.41, 5.74) is 1.66. The number of aromatic nitrogens is 4. The Morgan fingerprint density at radius 2 is 2.16 bits per heavy atom. The van der Waals surface area contributed by atoms with Gasteiger partial charge in [-0.05, 0) is 17.9 Å². The number of hydrogen-bond acceptors (Lipinski definition) is 4. The average molecular weight is 291 g/mol. The Kier molecular flexibility index (Phi) is 3.40. The quantitative estimate of drug-likeness (QED) is 0.692. The highest BCUT2D eigenvalue weighted by molar-refractivity contribution is 7.99. The number of hydrogen-bond donors (Lipinski definition) is 0. The molecule has 0 fully saturated rings. The fraction of sp³-hybridized carbons (Fsp3) is 0.154. The fourth-order valence-corrected chi connectivity index (χ4v) is 2.86. The van der Waals surface area contributed by atoms with Crippen molar-refractivity contribution in [3.8, 4) is 11.5 Å². The van der Waals surface area contributed by atoms with E-state index in [1.54, 1.807) is 30.4 Å². The van der Waals surface area contributed by atoms with E-state index >= 15 is 0 Å². The van der Waals surface area contributed by atoms with E-state index < -0.39 is 0 Å². The lowest BCUT2D eigenvalue weighted by atomic mass is 10.3. The van der Waals surface area contributed by atoms with E-state index in [-0.39, 0.29) is 0 Å². The first-order valence-electron chi connectivity index (χ1n) is 5.87. The van der Waals surface area contributed by atoms with Crippen LogP contribution in [0.4, 0.5) is 0 Å². The third-order valence-electron chi connectivity index (χ3n) is 2.69. The summed E-state index contributed by atoms with van der Waals surface area (Å²) >= 11 is 7.81. The molecule has 0 bridgehead atoms. The van der Waals surface area contributed by atoms with Gasteiger partial charge < -0.3 is 0 Å². The lowest BCUT2D eigenvalue weighted by Gasteiger charge is -2.06. The fourth-order valence-electron chi connectivity index (χ4n) is 1.90. The summed E-state index contributed by atoms with van der Waals surface area (Å²) < 4.78 is 1.91. The molecule has 3 heterocycles. The summed E-state index contributed by atoms with van der Waals surface area (Å²) in [6.45, 7) is 2.12. The molecule has 0 amide bonds. The lowest BCUT2D eigenvalue weighted by molar-refractivity contribution is 1.08. The van der Waals surface area contributed by atoms with E-state index in [1.165, 1.54) is 0 Å². The zero-order valence-corrected chi connectivity index (χ0v) is 11.8. The van der Waals surface area contributed by atoms with Crippen LogP contribution in [-0.2, 0) is 0 Å². The Bertz CT molecular complexity index is 725. The molecule has 0 aliphatic rings. The van der Waals surface area contributed by atoms with Crippen molar-refractivity contribution in [3.63, 3.8) is 0 Å². The van der Waals surface area contributed by atoms with Gasteiger partial charge in [0.15, 0.2) is 11.0 Å². The molecular weight excluding hydrogens is 280 g/mol. The second kappa shape index (κ2) is 5.19. The second-order valence-corrected chi connectivity index (χ2v) is 5.50. The summed E-state index contributed by atoms with van der Waals surface area (Å²) in [4.78, 5) is 14.1. The van der Waals surface area contributed by atoms with E-state index in [4.69, 9.17) is 11.6 Å². The van der Waals surface area contributed by atoms with Gasteiger partial charge in [-0.15, -0.1) is 11.8 Å². The topological polar surface area (TPSA) is 43.1 Å². The van der Waals surface area contributed by atoms with Gasteiger partial charge in [-0.25, -0.2) is 9.97 Å². The van der Waals surface area contributed by atoms with Gasteiger partial charge in [0, 0.05) is 23.5 Å². The number of pyridine rings is 1. The number of imidazole rings is 1. The Hall–Kier alpha value is -1.59. The molecule has 3 rings (SSSR count). The van der Waals surface area contributed by atoms with Crippen LogP contribution >= 0.6 is 23.4 Å². The van der Waals surface area contributed by atoms with E-state index in [9.17, 15) is 0 Å². The van der Waals surface area contributed by atoms with Crippen LogP contribution < -0.4 is 0 Å². The van der Waals surface area contributed by atoms with Crippen molar-refractivity contribution in [1.29, 1.82) is 0 Å². The molecular formula is C13H11ClN4S. The molecule has 0 aromatic carbocycles. The molecule has 0 aliphatic heterocycles. The van der Waals surface area contributed by atoms with Crippen molar-refractivity contribution in [1.82, 2.24) is 19.4 Å². The van der Waals surface area contributed by atoms with Gasteiger partial charge in [-0.1, -0.05) is 18.5 Å². The molecule has 0 saturated heterocycles. The predicted molar refractivity (Wildman–Crippen MR) is 77.6 cm³/mol. The maximum absolute atomic E-state index is 6.06. The van der Waals surface area contributed by atoms with Gasteiger partial charge in [0.25, 0.3) is 0 Å². The van der Waals surface area contributed by atoms with Crippen molar-refractivity contribution >= 4 is 28.9 Å². The van der Waals surface area contributed by atoms with E-state index in [2.05, 4.69) is 27.9 Å². The van der Waals surface area contributed by atoms with Crippen LogP contribution in [0.15, 0.2) is 41.8 Å². The zero-order chi connectivity index (χ0) is 13.2. The van der Waals surface area contributed by atoms with Crippen LogP contribution in [0, 0.1) is 0 Å². The largest absolute Gasteiger partial charge is 0.294 e. The first-order chi connectivity index (χ1) is 9.31. The molecule has 0 saturated carbocycles. The summed E-state index contributed by atoms with van der Waals surface area (Å²) in [5, 5.41) is 0.446. The minimum atomic E-state index is 0.446. The highest BCUT2D eigenvalue weighted by Gasteiger charge is 2.13. The van der Waals surface area contributed by atoms with Gasteiger partial charge in [0.1, 0.15) is 11.2 Å². The molecule has 0 aliphatic carbocycles. The van der Waals surface area contributed by atoms with E-state index in [0.717, 1.165) is 27.7 Å². The zero-order valence-electron chi connectivity index (χ0n) is 10.2. The highest BCUT2D eigenvalue weighted by Crippen LogP contribution is 2.29. The summed E-state index contributed by atoms with van der Waals surface area (Å²) in [5.74, 6) is 1.78. The van der Waals surface area contributed by atoms with Crippen LogP contribution in [0.3, 0.4) is 0 Å². The molecule has 0 radical (unpaired) electrons. The normalized spacial score (nSPS) is 11.1. The number of nitrogens with zero attached hydrogens (tertiary/aromatic N) is 4. The second-order valence-electron chi connectivity index (χ2n) is 3.84. The monoisotopic (exact) mass is 290 g/mol. The van der Waals surface area contributed by atoms with Gasteiger partial charge >= 0.3 is 0 Å². The Morgan fingerprint density at radius 3 is 3.00 bits per heavy atom. The van der Waals surface area contributed by atoms with E-state index in [0.29, 0.717) is 5.15 Å². The smallest absolute Gasteiger partial charge is 0.164 e. The minimum absolute atomic E-state index is 0.446. The maximum atomic E-state index is 6.06. The van der Waals surface area contributed by atoms with Gasteiger partial charge in [-0.3, -0.25) is 9.38 Å². The number of thioether (sulfide) groups is 1. The van der Waals surface area contributed by atoms with Crippen molar-refractivity contribution in [2.75, 3.05) is 5.75 Å². The van der Waals surface area contributed by atoms with Crippen molar-refractivity contribution < 1.29 is 0 Å². The molecule has 6 heteroatoms. The van der Waals surface area contributed by atoms with Crippen LogP contribution in [0.25, 0.3) is 17.0 Å². The third-order valence-corrected chi connectivity index (χ3v) is 3.91. The molecule has 96 valence electrons. The molecule has 3 aromatic heterocycles. The molecule has 0 unspecified atom stereocenters. The van der Waals surface area contributed by atoms with Gasteiger partial charge in [0.05, 0.1) is 6.20 Å². The number of rotatable bonds is 3. The van der Waals surface area contributed by atoms with Crippen molar-refractivity contribution in [2.45, 2.75) is 11.8 Å². The third kappa shape index (κ3) is 2.19. The molecule has 19 heavy (non-hydrogen) atoms. The lowest BCUT2D eigenvalue weighted by Crippen LogP contribution is -1.94. The minimum Gasteiger partial charge on any atom is -0.294 e.